The van der Waals surface area contributed by atoms with E-state index in [0.717, 1.165) is 11.3 Å². The van der Waals surface area contributed by atoms with Gasteiger partial charge >= 0.3 is 0 Å². The molecule has 1 heterocycles. The van der Waals surface area contributed by atoms with Gasteiger partial charge in [-0.15, -0.1) is 0 Å². The van der Waals surface area contributed by atoms with Gasteiger partial charge in [-0.3, -0.25) is 0 Å². The van der Waals surface area contributed by atoms with Crippen LogP contribution < -0.4 is 0 Å². The lowest BCUT2D eigenvalue weighted by atomic mass is 10.3. The van der Waals surface area contributed by atoms with Gasteiger partial charge in [-0.25, -0.2) is 4.98 Å². The Labute approximate surface area is 88.8 Å². The highest BCUT2D eigenvalue weighted by molar-refractivity contribution is 5.80. The number of rotatable bonds is 0. The second-order valence-corrected chi connectivity index (χ2v) is 3.05. The Balaban J connectivity index is 0.000000531. The molecule has 4 heteroatoms. The molecule has 1 aromatic carbocycles. The van der Waals surface area contributed by atoms with Gasteiger partial charge < -0.3 is 14.8 Å². The maximum atomic E-state index is 9.26. The van der Waals surface area contributed by atoms with Crippen molar-refractivity contribution in [1.29, 1.82) is 0 Å². The summed E-state index contributed by atoms with van der Waals surface area (Å²) < 4.78 is 1.86. The van der Waals surface area contributed by atoms with Crippen molar-refractivity contribution in [3.8, 4) is 11.5 Å². The highest BCUT2D eigenvalue weighted by atomic mass is 16.3. The predicted octanol–water partition coefficient (Wildman–Crippen LogP) is 2.32. The maximum absolute atomic E-state index is 9.26. The molecular weight excluding hydrogens is 192 g/mol. The average Bonchev–Trinajstić information content (AvgIpc) is 2.49. The molecule has 0 spiro atoms. The zero-order valence-corrected chi connectivity index (χ0v) is 9.44. The number of hydrogen-bond donors (Lipinski definition) is 2. The number of nitrogens with zero attached hydrogens (tertiary/aromatic N) is 2. The van der Waals surface area contributed by atoms with Crippen LogP contribution in [0, 0.1) is 6.92 Å². The number of aromatic hydroxyl groups is 2. The fourth-order valence-corrected chi connectivity index (χ4v) is 1.34. The molecule has 0 radical (unpaired) electrons. The number of imidazole rings is 1. The fraction of sp³-hybridized carbons (Fsp3) is 0.364. The highest BCUT2D eigenvalue weighted by Gasteiger charge is 2.07. The number of benzene rings is 1. The molecule has 2 aromatic rings. The van der Waals surface area contributed by atoms with Crippen molar-refractivity contribution in [2.45, 2.75) is 20.8 Å². The van der Waals surface area contributed by atoms with Gasteiger partial charge in [-0.2, -0.15) is 0 Å². The number of fused-ring (bicyclic) bond motifs is 1. The Kier molecular flexibility index (Phi) is 3.19. The molecule has 2 rings (SSSR count). The Morgan fingerprint density at radius 3 is 2.27 bits per heavy atom. The van der Waals surface area contributed by atoms with E-state index in [4.69, 9.17) is 0 Å². The number of phenolic OH excluding ortho intramolecular Hbond substituents is 2. The van der Waals surface area contributed by atoms with Crippen LogP contribution >= 0.6 is 0 Å². The van der Waals surface area contributed by atoms with Crippen LogP contribution in [0.3, 0.4) is 0 Å². The maximum Gasteiger partial charge on any atom is 0.159 e. The minimum absolute atomic E-state index is 0.115. The van der Waals surface area contributed by atoms with Crippen molar-refractivity contribution in [3.63, 3.8) is 0 Å². The quantitative estimate of drug-likeness (QED) is 0.653. The second kappa shape index (κ2) is 4.21. The van der Waals surface area contributed by atoms with Crippen molar-refractivity contribution in [2.24, 2.45) is 7.05 Å². The smallest absolute Gasteiger partial charge is 0.159 e. The Hall–Kier alpha value is -1.71. The van der Waals surface area contributed by atoms with Gasteiger partial charge in [0, 0.05) is 19.2 Å². The number of aromatic nitrogens is 2. The van der Waals surface area contributed by atoms with Gasteiger partial charge in [0.2, 0.25) is 0 Å². The average molecular weight is 208 g/mol. The second-order valence-electron chi connectivity index (χ2n) is 3.05. The topological polar surface area (TPSA) is 58.3 Å². The summed E-state index contributed by atoms with van der Waals surface area (Å²) in [5.41, 5.74) is 1.50. The molecule has 0 unspecified atom stereocenters. The normalized spacial score (nSPS) is 9.87. The molecular formula is C11H16N2O2. The van der Waals surface area contributed by atoms with Crippen molar-refractivity contribution in [1.82, 2.24) is 9.55 Å². The van der Waals surface area contributed by atoms with Gasteiger partial charge in [0.25, 0.3) is 0 Å². The monoisotopic (exact) mass is 208 g/mol. The van der Waals surface area contributed by atoms with Crippen LogP contribution in [0.2, 0.25) is 0 Å². The summed E-state index contributed by atoms with van der Waals surface area (Å²) in [5, 5.41) is 18.5. The summed E-state index contributed by atoms with van der Waals surface area (Å²) in [7, 11) is 1.86. The number of phenols is 2. The summed E-state index contributed by atoms with van der Waals surface area (Å²) >= 11 is 0. The SMILES string of the molecule is CC.Cc1nc2cc(O)c(O)cc2n1C. The van der Waals surface area contributed by atoms with E-state index in [1.54, 1.807) is 0 Å². The number of aryl methyl sites for hydroxylation is 2. The molecule has 0 atom stereocenters. The summed E-state index contributed by atoms with van der Waals surface area (Å²) in [6.07, 6.45) is 0. The number of hydrogen-bond acceptors (Lipinski definition) is 3. The third-order valence-corrected chi connectivity index (χ3v) is 2.20. The van der Waals surface area contributed by atoms with E-state index in [1.807, 2.05) is 32.4 Å². The van der Waals surface area contributed by atoms with Crippen molar-refractivity contribution in [2.75, 3.05) is 0 Å². The lowest BCUT2D eigenvalue weighted by Crippen LogP contribution is -1.89. The molecule has 0 saturated heterocycles. The van der Waals surface area contributed by atoms with E-state index in [1.165, 1.54) is 12.1 Å². The largest absolute Gasteiger partial charge is 0.504 e. The summed E-state index contributed by atoms with van der Waals surface area (Å²) in [6, 6.07) is 2.96. The molecule has 2 N–H and O–H groups in total. The van der Waals surface area contributed by atoms with Gasteiger partial charge in [0.15, 0.2) is 11.5 Å². The van der Waals surface area contributed by atoms with E-state index in [2.05, 4.69) is 4.98 Å². The highest BCUT2D eigenvalue weighted by Crippen LogP contribution is 2.29. The first-order valence-electron chi connectivity index (χ1n) is 4.94. The first kappa shape index (κ1) is 11.4. The van der Waals surface area contributed by atoms with Crippen molar-refractivity contribution < 1.29 is 10.2 Å². The molecule has 0 saturated carbocycles. The van der Waals surface area contributed by atoms with E-state index in [-0.39, 0.29) is 11.5 Å². The molecule has 0 bridgehead atoms. The van der Waals surface area contributed by atoms with Gasteiger partial charge in [0.1, 0.15) is 5.82 Å². The summed E-state index contributed by atoms with van der Waals surface area (Å²) in [5.74, 6) is 0.598. The summed E-state index contributed by atoms with van der Waals surface area (Å²) in [6.45, 7) is 5.87. The van der Waals surface area contributed by atoms with E-state index < -0.39 is 0 Å². The van der Waals surface area contributed by atoms with Crippen LogP contribution in [0.1, 0.15) is 19.7 Å². The minimum Gasteiger partial charge on any atom is -0.504 e. The first-order chi connectivity index (χ1) is 7.09. The predicted molar refractivity (Wildman–Crippen MR) is 60.1 cm³/mol. The molecule has 15 heavy (non-hydrogen) atoms. The fourth-order valence-electron chi connectivity index (χ4n) is 1.34. The molecule has 0 amide bonds. The van der Waals surface area contributed by atoms with Crippen LogP contribution in [0.4, 0.5) is 0 Å². The molecule has 0 aliphatic carbocycles. The van der Waals surface area contributed by atoms with E-state index in [0.29, 0.717) is 5.52 Å². The van der Waals surface area contributed by atoms with Crippen LogP contribution in [0.25, 0.3) is 11.0 Å². The van der Waals surface area contributed by atoms with Crippen LogP contribution in [0.15, 0.2) is 12.1 Å². The lowest BCUT2D eigenvalue weighted by Gasteiger charge is -1.98. The zero-order valence-electron chi connectivity index (χ0n) is 9.44. The van der Waals surface area contributed by atoms with Crippen LogP contribution in [-0.4, -0.2) is 19.8 Å². The zero-order chi connectivity index (χ0) is 11.6. The Morgan fingerprint density at radius 2 is 1.67 bits per heavy atom. The van der Waals surface area contributed by atoms with Gasteiger partial charge in [-0.05, 0) is 6.92 Å². The van der Waals surface area contributed by atoms with Crippen molar-refractivity contribution >= 4 is 11.0 Å². The van der Waals surface area contributed by atoms with E-state index >= 15 is 0 Å². The molecule has 0 fully saturated rings. The van der Waals surface area contributed by atoms with Crippen LogP contribution in [-0.2, 0) is 7.05 Å². The molecule has 82 valence electrons. The van der Waals surface area contributed by atoms with Gasteiger partial charge in [0.05, 0.1) is 11.0 Å². The third-order valence-electron chi connectivity index (χ3n) is 2.20. The van der Waals surface area contributed by atoms with Gasteiger partial charge in [-0.1, -0.05) is 13.8 Å². The van der Waals surface area contributed by atoms with Crippen LogP contribution in [0.5, 0.6) is 11.5 Å². The van der Waals surface area contributed by atoms with E-state index in [9.17, 15) is 10.2 Å². The first-order valence-corrected chi connectivity index (χ1v) is 4.94. The van der Waals surface area contributed by atoms with Crippen molar-refractivity contribution in [3.05, 3.63) is 18.0 Å². The summed E-state index contributed by atoms with van der Waals surface area (Å²) in [4.78, 5) is 4.21. The molecule has 0 aliphatic heterocycles. The molecule has 1 aromatic heterocycles. The minimum atomic E-state index is -0.134. The Morgan fingerprint density at radius 1 is 1.13 bits per heavy atom. The Bertz CT molecular complexity index is 475. The third kappa shape index (κ3) is 1.88. The molecule has 0 aliphatic rings. The standard InChI is InChI=1S/C9H10N2O2.C2H6/c1-5-10-6-3-8(12)9(13)4-7(6)11(5)2;1-2/h3-4,12-13H,1-2H3;1-2H3. The lowest BCUT2D eigenvalue weighted by molar-refractivity contribution is 0.404. The molecule has 4 nitrogen and oxygen atoms in total.